The molecule has 1 aromatic rings. The Labute approximate surface area is 108 Å². The number of nitrogens with zero attached hydrogens (tertiary/aromatic N) is 1. The molecule has 0 aliphatic carbocycles. The molecule has 0 aromatic carbocycles. The fraction of sp³-hybridized carbons (Fsp3) is 0.545. The summed E-state index contributed by atoms with van der Waals surface area (Å²) in [6.45, 7) is 5.93. The number of aromatic nitrogens is 1. The first-order valence-corrected chi connectivity index (χ1v) is 7.35. The number of ether oxygens (including phenoxy) is 1. The summed E-state index contributed by atoms with van der Waals surface area (Å²) in [6, 6.07) is 3.16. The molecule has 1 rings (SSSR count). The highest BCUT2D eigenvalue weighted by Gasteiger charge is 2.12. The quantitative estimate of drug-likeness (QED) is 0.686. The third kappa shape index (κ3) is 4.59. The second kappa shape index (κ2) is 7.30. The Morgan fingerprint density at radius 1 is 1.33 bits per heavy atom. The zero-order valence-corrected chi connectivity index (χ0v) is 11.5. The molecule has 0 bridgehead atoms. The molecule has 7 heteroatoms. The van der Waals surface area contributed by atoms with E-state index < -0.39 is 10.0 Å². The van der Waals surface area contributed by atoms with Gasteiger partial charge in [-0.25, -0.2) is 18.1 Å². The summed E-state index contributed by atoms with van der Waals surface area (Å²) in [7, 11) is -3.42. The molecule has 6 nitrogen and oxygen atoms in total. The van der Waals surface area contributed by atoms with E-state index in [2.05, 4.69) is 15.0 Å². The fourth-order valence-electron chi connectivity index (χ4n) is 1.31. The van der Waals surface area contributed by atoms with Gasteiger partial charge in [-0.3, -0.25) is 0 Å². The molecule has 0 unspecified atom stereocenters. The van der Waals surface area contributed by atoms with Gasteiger partial charge in [-0.15, -0.1) is 0 Å². The van der Waals surface area contributed by atoms with Crippen LogP contribution in [-0.2, 0) is 14.8 Å². The Balaban J connectivity index is 2.57. The Bertz CT molecular complexity index is 445. The minimum Gasteiger partial charge on any atom is -0.380 e. The van der Waals surface area contributed by atoms with Crippen LogP contribution in [0.25, 0.3) is 0 Å². The monoisotopic (exact) mass is 273 g/mol. The first-order valence-electron chi connectivity index (χ1n) is 5.87. The Hall–Kier alpha value is -1.18. The van der Waals surface area contributed by atoms with Crippen LogP contribution in [-0.4, -0.2) is 39.7 Å². The number of nitrogens with one attached hydrogen (secondary N) is 2. The summed E-state index contributed by atoms with van der Waals surface area (Å²) in [5, 5.41) is 3.04. The van der Waals surface area contributed by atoms with Gasteiger partial charge in [0.15, 0.2) is 0 Å². The van der Waals surface area contributed by atoms with E-state index in [4.69, 9.17) is 4.74 Å². The number of hydrogen-bond acceptors (Lipinski definition) is 5. The highest BCUT2D eigenvalue weighted by molar-refractivity contribution is 7.89. The van der Waals surface area contributed by atoms with Gasteiger partial charge in [-0.1, -0.05) is 6.92 Å². The molecule has 0 fully saturated rings. The SMILES string of the molecule is CCNS(=O)(=O)c1ccc(NCCOCC)nc1. The van der Waals surface area contributed by atoms with Crippen LogP contribution in [0.3, 0.4) is 0 Å². The predicted octanol–water partition coefficient (Wildman–Crippen LogP) is 0.828. The summed E-state index contributed by atoms with van der Waals surface area (Å²) in [4.78, 5) is 4.21. The maximum Gasteiger partial charge on any atom is 0.242 e. The van der Waals surface area contributed by atoms with Crippen LogP contribution >= 0.6 is 0 Å². The van der Waals surface area contributed by atoms with E-state index in [1.165, 1.54) is 12.3 Å². The van der Waals surface area contributed by atoms with E-state index >= 15 is 0 Å². The lowest BCUT2D eigenvalue weighted by Crippen LogP contribution is -2.23. The van der Waals surface area contributed by atoms with Gasteiger partial charge in [0, 0.05) is 25.9 Å². The van der Waals surface area contributed by atoms with Crippen molar-refractivity contribution < 1.29 is 13.2 Å². The second-order valence-electron chi connectivity index (χ2n) is 3.50. The average molecular weight is 273 g/mol. The van der Waals surface area contributed by atoms with Crippen molar-refractivity contribution in [3.63, 3.8) is 0 Å². The van der Waals surface area contributed by atoms with Crippen LogP contribution in [0.5, 0.6) is 0 Å². The molecular formula is C11H19N3O3S. The van der Waals surface area contributed by atoms with E-state index in [1.54, 1.807) is 13.0 Å². The van der Waals surface area contributed by atoms with E-state index in [0.29, 0.717) is 32.1 Å². The lowest BCUT2D eigenvalue weighted by Gasteiger charge is -2.07. The summed E-state index contributed by atoms with van der Waals surface area (Å²) < 4.78 is 30.9. The van der Waals surface area contributed by atoms with Crippen molar-refractivity contribution in [1.82, 2.24) is 9.71 Å². The predicted molar refractivity (Wildman–Crippen MR) is 70.1 cm³/mol. The first kappa shape index (κ1) is 14.9. The summed E-state index contributed by atoms with van der Waals surface area (Å²) >= 11 is 0. The van der Waals surface area contributed by atoms with Crippen LogP contribution in [0.4, 0.5) is 5.82 Å². The van der Waals surface area contributed by atoms with Gasteiger partial charge in [0.05, 0.1) is 6.61 Å². The van der Waals surface area contributed by atoms with Gasteiger partial charge in [-0.2, -0.15) is 0 Å². The number of pyridine rings is 1. The van der Waals surface area contributed by atoms with Crippen molar-refractivity contribution in [1.29, 1.82) is 0 Å². The van der Waals surface area contributed by atoms with Gasteiger partial charge < -0.3 is 10.1 Å². The van der Waals surface area contributed by atoms with E-state index in [-0.39, 0.29) is 4.90 Å². The van der Waals surface area contributed by atoms with Crippen LogP contribution in [0.1, 0.15) is 13.8 Å². The van der Waals surface area contributed by atoms with Crippen LogP contribution in [0.2, 0.25) is 0 Å². The Morgan fingerprint density at radius 2 is 2.11 bits per heavy atom. The molecule has 0 saturated carbocycles. The maximum absolute atomic E-state index is 11.7. The van der Waals surface area contributed by atoms with Gasteiger partial charge in [0.1, 0.15) is 10.7 Å². The molecular weight excluding hydrogens is 254 g/mol. The molecule has 0 amide bonds. The van der Waals surface area contributed by atoms with Crippen molar-refractivity contribution in [2.24, 2.45) is 0 Å². The lowest BCUT2D eigenvalue weighted by molar-refractivity contribution is 0.158. The number of rotatable bonds is 8. The minimum absolute atomic E-state index is 0.166. The molecule has 0 aliphatic rings. The summed E-state index contributed by atoms with van der Waals surface area (Å²) in [5.41, 5.74) is 0. The molecule has 102 valence electrons. The molecule has 1 heterocycles. The molecule has 18 heavy (non-hydrogen) atoms. The largest absolute Gasteiger partial charge is 0.380 e. The summed E-state index contributed by atoms with van der Waals surface area (Å²) in [5.74, 6) is 0.630. The zero-order valence-electron chi connectivity index (χ0n) is 10.6. The lowest BCUT2D eigenvalue weighted by atomic mass is 10.4. The highest BCUT2D eigenvalue weighted by atomic mass is 32.2. The summed E-state index contributed by atoms with van der Waals surface area (Å²) in [6.07, 6.45) is 1.33. The maximum atomic E-state index is 11.7. The van der Waals surface area contributed by atoms with Gasteiger partial charge >= 0.3 is 0 Å². The topological polar surface area (TPSA) is 80.3 Å². The fourth-order valence-corrected chi connectivity index (χ4v) is 2.30. The number of anilines is 1. The molecule has 2 N–H and O–H groups in total. The van der Waals surface area contributed by atoms with Gasteiger partial charge in [0.2, 0.25) is 10.0 Å². The van der Waals surface area contributed by atoms with Gasteiger partial charge in [0.25, 0.3) is 0 Å². The average Bonchev–Trinajstić information content (AvgIpc) is 2.35. The molecule has 0 aliphatic heterocycles. The molecule has 0 spiro atoms. The molecule has 1 aromatic heterocycles. The van der Waals surface area contributed by atoms with E-state index in [9.17, 15) is 8.42 Å². The third-order valence-corrected chi connectivity index (χ3v) is 3.67. The standard InChI is InChI=1S/C11H19N3O3S/c1-3-14-18(15,16)10-5-6-11(13-9-10)12-7-8-17-4-2/h5-6,9,14H,3-4,7-8H2,1-2H3,(H,12,13). The molecule has 0 radical (unpaired) electrons. The van der Waals surface area contributed by atoms with E-state index in [0.717, 1.165) is 0 Å². The van der Waals surface area contributed by atoms with Crippen molar-refractivity contribution in [2.75, 3.05) is 31.6 Å². The van der Waals surface area contributed by atoms with Crippen LogP contribution in [0, 0.1) is 0 Å². The highest BCUT2D eigenvalue weighted by Crippen LogP contribution is 2.10. The smallest absolute Gasteiger partial charge is 0.242 e. The number of hydrogen-bond donors (Lipinski definition) is 2. The first-order chi connectivity index (χ1) is 8.60. The molecule has 0 saturated heterocycles. The minimum atomic E-state index is -3.42. The van der Waals surface area contributed by atoms with Crippen LogP contribution in [0.15, 0.2) is 23.2 Å². The number of sulfonamides is 1. The Kier molecular flexibility index (Phi) is 6.03. The molecule has 0 atom stereocenters. The zero-order chi connectivity index (χ0) is 13.4. The van der Waals surface area contributed by atoms with Crippen molar-refractivity contribution in [3.05, 3.63) is 18.3 Å². The third-order valence-electron chi connectivity index (χ3n) is 2.14. The second-order valence-corrected chi connectivity index (χ2v) is 5.27. The van der Waals surface area contributed by atoms with Crippen molar-refractivity contribution in [2.45, 2.75) is 18.7 Å². The van der Waals surface area contributed by atoms with Crippen LogP contribution < -0.4 is 10.0 Å². The van der Waals surface area contributed by atoms with Crippen molar-refractivity contribution in [3.8, 4) is 0 Å². The van der Waals surface area contributed by atoms with Gasteiger partial charge in [-0.05, 0) is 19.1 Å². The normalized spacial score (nSPS) is 11.4. The van der Waals surface area contributed by atoms with E-state index in [1.807, 2.05) is 6.92 Å². The Morgan fingerprint density at radius 3 is 2.67 bits per heavy atom. The van der Waals surface area contributed by atoms with Crippen molar-refractivity contribution >= 4 is 15.8 Å².